The number of aromatic amines is 1. The summed E-state index contributed by atoms with van der Waals surface area (Å²) in [4.78, 5) is 42.9. The first-order valence-corrected chi connectivity index (χ1v) is 9.24. The lowest BCUT2D eigenvalue weighted by atomic mass is 10.0. The van der Waals surface area contributed by atoms with Crippen molar-refractivity contribution in [3.63, 3.8) is 0 Å². The number of carbonyl (C=O) groups is 2. The summed E-state index contributed by atoms with van der Waals surface area (Å²) in [6.45, 7) is 6.46. The number of amides is 2. The van der Waals surface area contributed by atoms with Gasteiger partial charge in [0.2, 0.25) is 5.91 Å². The Morgan fingerprint density at radius 1 is 1.12 bits per heavy atom. The third-order valence-corrected chi connectivity index (χ3v) is 5.10. The zero-order valence-electron chi connectivity index (χ0n) is 15.3. The van der Waals surface area contributed by atoms with Crippen LogP contribution in [0, 0.1) is 5.92 Å². The van der Waals surface area contributed by atoms with E-state index in [9.17, 15) is 14.4 Å². The van der Waals surface area contributed by atoms with E-state index in [0.29, 0.717) is 42.8 Å². The molecular weight excluding hydrogens is 334 g/mol. The van der Waals surface area contributed by atoms with E-state index in [1.54, 1.807) is 23.1 Å². The molecule has 0 spiro atoms. The number of nitrogens with one attached hydrogen (secondary N) is 1. The summed E-state index contributed by atoms with van der Waals surface area (Å²) in [6, 6.07) is 4.93. The molecule has 1 aromatic carbocycles. The maximum Gasteiger partial charge on any atom is 0.417 e. The molecule has 3 rings (SSSR count). The second-order valence-corrected chi connectivity index (χ2v) is 6.71. The summed E-state index contributed by atoms with van der Waals surface area (Å²) >= 11 is 0. The molecule has 0 aliphatic carbocycles. The minimum atomic E-state index is -0.532. The Hall–Kier alpha value is -2.57. The molecule has 7 heteroatoms. The maximum atomic E-state index is 12.8. The quantitative estimate of drug-likeness (QED) is 0.907. The zero-order valence-corrected chi connectivity index (χ0v) is 15.3. The van der Waals surface area contributed by atoms with Crippen molar-refractivity contribution in [1.82, 2.24) is 14.8 Å². The van der Waals surface area contributed by atoms with Crippen LogP contribution in [0.3, 0.4) is 0 Å². The average molecular weight is 359 g/mol. The van der Waals surface area contributed by atoms with E-state index < -0.39 is 5.76 Å². The van der Waals surface area contributed by atoms with E-state index in [0.717, 1.165) is 19.3 Å². The van der Waals surface area contributed by atoms with Crippen LogP contribution in [-0.2, 0) is 4.79 Å². The second kappa shape index (κ2) is 7.76. The highest BCUT2D eigenvalue weighted by atomic mass is 16.4. The Morgan fingerprint density at radius 3 is 2.54 bits per heavy atom. The van der Waals surface area contributed by atoms with Gasteiger partial charge in [0.05, 0.1) is 5.52 Å². The fourth-order valence-electron chi connectivity index (χ4n) is 3.50. The molecule has 2 heterocycles. The SMILES string of the molecule is CCC(CC)C(=O)N1CCCN(C(=O)c2ccc3oc(=O)[nH]c3c2)CC1. The van der Waals surface area contributed by atoms with Crippen molar-refractivity contribution in [2.75, 3.05) is 26.2 Å². The van der Waals surface area contributed by atoms with Gasteiger partial charge < -0.3 is 14.2 Å². The number of aromatic nitrogens is 1. The van der Waals surface area contributed by atoms with Crippen LogP contribution < -0.4 is 5.76 Å². The van der Waals surface area contributed by atoms with E-state index >= 15 is 0 Å². The molecule has 2 aromatic rings. The molecule has 0 saturated carbocycles. The van der Waals surface area contributed by atoms with Crippen molar-refractivity contribution >= 4 is 22.9 Å². The van der Waals surface area contributed by atoms with Gasteiger partial charge in [-0.1, -0.05) is 13.8 Å². The van der Waals surface area contributed by atoms with E-state index in [-0.39, 0.29) is 17.7 Å². The molecule has 1 aliphatic heterocycles. The van der Waals surface area contributed by atoms with E-state index in [2.05, 4.69) is 4.98 Å². The second-order valence-electron chi connectivity index (χ2n) is 6.71. The van der Waals surface area contributed by atoms with Crippen LogP contribution >= 0.6 is 0 Å². The van der Waals surface area contributed by atoms with Crippen molar-refractivity contribution < 1.29 is 14.0 Å². The smallest absolute Gasteiger partial charge is 0.408 e. The Labute approximate surface area is 152 Å². The summed E-state index contributed by atoms with van der Waals surface area (Å²) < 4.78 is 4.97. The standard InChI is InChI=1S/C19H25N3O4/c1-3-13(4-2)17(23)21-8-5-9-22(11-10-21)18(24)14-6-7-16-15(12-14)20-19(25)26-16/h6-7,12-13H,3-5,8-11H2,1-2H3,(H,20,25). The summed E-state index contributed by atoms with van der Waals surface area (Å²) in [6.07, 6.45) is 2.46. The van der Waals surface area contributed by atoms with Gasteiger partial charge in [0.1, 0.15) is 0 Å². The summed E-state index contributed by atoms with van der Waals surface area (Å²) in [5.41, 5.74) is 1.46. The van der Waals surface area contributed by atoms with Gasteiger partial charge in [-0.25, -0.2) is 4.79 Å². The van der Waals surface area contributed by atoms with Crippen LogP contribution in [0.1, 0.15) is 43.5 Å². The van der Waals surface area contributed by atoms with Crippen LogP contribution in [0.15, 0.2) is 27.4 Å². The molecule has 7 nitrogen and oxygen atoms in total. The van der Waals surface area contributed by atoms with Gasteiger partial charge in [-0.2, -0.15) is 0 Å². The predicted octanol–water partition coefficient (Wildman–Crippen LogP) is 2.23. The minimum Gasteiger partial charge on any atom is -0.408 e. The molecule has 0 atom stereocenters. The number of rotatable bonds is 4. The average Bonchev–Trinajstić information content (AvgIpc) is 2.85. The molecule has 1 N–H and O–H groups in total. The van der Waals surface area contributed by atoms with E-state index in [4.69, 9.17) is 4.42 Å². The first-order valence-electron chi connectivity index (χ1n) is 9.24. The van der Waals surface area contributed by atoms with Crippen LogP contribution in [0.5, 0.6) is 0 Å². The molecule has 0 bridgehead atoms. The van der Waals surface area contributed by atoms with Crippen molar-refractivity contribution in [3.8, 4) is 0 Å². The van der Waals surface area contributed by atoms with Crippen LogP contribution in [-0.4, -0.2) is 52.8 Å². The topological polar surface area (TPSA) is 86.6 Å². The molecule has 1 aromatic heterocycles. The molecule has 0 unspecified atom stereocenters. The largest absolute Gasteiger partial charge is 0.417 e. The Balaban J connectivity index is 1.70. The Kier molecular flexibility index (Phi) is 5.44. The van der Waals surface area contributed by atoms with Crippen molar-refractivity contribution in [3.05, 3.63) is 34.3 Å². The predicted molar refractivity (Wildman–Crippen MR) is 98.0 cm³/mol. The van der Waals surface area contributed by atoms with Gasteiger partial charge in [0.25, 0.3) is 5.91 Å². The summed E-state index contributed by atoms with van der Waals surface area (Å²) in [5, 5.41) is 0. The van der Waals surface area contributed by atoms with Crippen molar-refractivity contribution in [2.24, 2.45) is 5.92 Å². The number of carbonyl (C=O) groups excluding carboxylic acids is 2. The highest BCUT2D eigenvalue weighted by molar-refractivity contribution is 5.97. The highest BCUT2D eigenvalue weighted by Gasteiger charge is 2.26. The Bertz CT molecular complexity index is 850. The van der Waals surface area contributed by atoms with Crippen LogP contribution in [0.25, 0.3) is 11.1 Å². The van der Waals surface area contributed by atoms with Gasteiger partial charge in [-0.05, 0) is 37.5 Å². The minimum absolute atomic E-state index is 0.0672. The number of hydrogen-bond donors (Lipinski definition) is 1. The summed E-state index contributed by atoms with van der Waals surface area (Å²) in [7, 11) is 0. The highest BCUT2D eigenvalue weighted by Crippen LogP contribution is 2.17. The molecule has 1 saturated heterocycles. The first-order chi connectivity index (χ1) is 12.5. The third kappa shape index (κ3) is 3.66. The zero-order chi connectivity index (χ0) is 18.7. The van der Waals surface area contributed by atoms with Gasteiger partial charge in [0, 0.05) is 37.7 Å². The third-order valence-electron chi connectivity index (χ3n) is 5.10. The lowest BCUT2D eigenvalue weighted by Gasteiger charge is -2.25. The number of oxazole rings is 1. The molecule has 1 aliphatic rings. The molecule has 140 valence electrons. The normalized spacial score (nSPS) is 15.5. The number of benzene rings is 1. The van der Waals surface area contributed by atoms with Gasteiger partial charge >= 0.3 is 5.76 Å². The monoisotopic (exact) mass is 359 g/mol. The fraction of sp³-hybridized carbons (Fsp3) is 0.526. The van der Waals surface area contributed by atoms with Crippen molar-refractivity contribution in [1.29, 1.82) is 0 Å². The van der Waals surface area contributed by atoms with Crippen molar-refractivity contribution in [2.45, 2.75) is 33.1 Å². The lowest BCUT2D eigenvalue weighted by Crippen LogP contribution is -2.39. The summed E-state index contributed by atoms with van der Waals surface area (Å²) in [5.74, 6) is -0.361. The van der Waals surface area contributed by atoms with Gasteiger partial charge in [-0.15, -0.1) is 0 Å². The number of fused-ring (bicyclic) bond motifs is 1. The molecule has 0 radical (unpaired) electrons. The number of hydrogen-bond acceptors (Lipinski definition) is 4. The molecule has 26 heavy (non-hydrogen) atoms. The molecule has 1 fully saturated rings. The first kappa shape index (κ1) is 18.2. The van der Waals surface area contributed by atoms with Crippen LogP contribution in [0.4, 0.5) is 0 Å². The van der Waals surface area contributed by atoms with E-state index in [1.807, 2.05) is 18.7 Å². The van der Waals surface area contributed by atoms with Crippen LogP contribution in [0.2, 0.25) is 0 Å². The van der Waals surface area contributed by atoms with Gasteiger partial charge in [0.15, 0.2) is 5.58 Å². The van der Waals surface area contributed by atoms with E-state index in [1.165, 1.54) is 0 Å². The number of H-pyrrole nitrogens is 1. The van der Waals surface area contributed by atoms with Gasteiger partial charge in [-0.3, -0.25) is 14.6 Å². The molecular formula is C19H25N3O4. The molecule has 2 amide bonds. The number of nitrogens with zero attached hydrogens (tertiary/aromatic N) is 2. The maximum absolute atomic E-state index is 12.8. The Morgan fingerprint density at radius 2 is 1.81 bits per heavy atom. The fourth-order valence-corrected chi connectivity index (χ4v) is 3.50. The lowest BCUT2D eigenvalue weighted by molar-refractivity contribution is -0.135.